The third-order valence-electron chi connectivity index (χ3n) is 6.19. The average molecular weight is 481 g/mol. The third-order valence-corrected chi connectivity index (χ3v) is 6.47. The fourth-order valence-electron chi connectivity index (χ4n) is 4.31. The molecule has 176 valence electrons. The molecule has 0 radical (unpaired) electrons. The Labute approximate surface area is 194 Å². The molecule has 0 N–H and O–H groups in total. The minimum atomic E-state index is -4.50. The highest BCUT2D eigenvalue weighted by molar-refractivity contribution is 6.33. The van der Waals surface area contributed by atoms with E-state index in [2.05, 4.69) is 4.98 Å². The third kappa shape index (κ3) is 5.24. The predicted molar refractivity (Wildman–Crippen MR) is 118 cm³/mol. The number of rotatable bonds is 3. The van der Waals surface area contributed by atoms with Gasteiger partial charge in [-0.25, -0.2) is 4.98 Å². The number of halogens is 4. The number of benzene rings is 1. The van der Waals surface area contributed by atoms with Crippen LogP contribution in [0.4, 0.5) is 19.0 Å². The maximum atomic E-state index is 13.0. The number of carbonyl (C=O) groups excluding carboxylic acids is 2. The average Bonchev–Trinajstić information content (AvgIpc) is 2.83. The zero-order chi connectivity index (χ0) is 23.6. The van der Waals surface area contributed by atoms with Gasteiger partial charge in [0.25, 0.3) is 5.91 Å². The van der Waals surface area contributed by atoms with Gasteiger partial charge >= 0.3 is 6.18 Å². The Morgan fingerprint density at radius 1 is 0.939 bits per heavy atom. The highest BCUT2D eigenvalue weighted by Gasteiger charge is 2.34. The molecule has 2 fully saturated rings. The summed E-state index contributed by atoms with van der Waals surface area (Å²) >= 11 is 6.06. The van der Waals surface area contributed by atoms with Gasteiger partial charge in [0.15, 0.2) is 0 Å². The zero-order valence-corrected chi connectivity index (χ0v) is 18.6. The number of anilines is 1. The van der Waals surface area contributed by atoms with Crippen molar-refractivity contribution in [3.63, 3.8) is 0 Å². The number of piperidine rings is 1. The van der Waals surface area contributed by atoms with E-state index in [9.17, 15) is 22.8 Å². The quantitative estimate of drug-likeness (QED) is 0.667. The van der Waals surface area contributed by atoms with Crippen molar-refractivity contribution in [2.45, 2.75) is 19.0 Å². The lowest BCUT2D eigenvalue weighted by atomic mass is 9.95. The molecule has 10 heteroatoms. The minimum Gasteiger partial charge on any atom is -0.355 e. The fourth-order valence-corrected chi connectivity index (χ4v) is 4.59. The van der Waals surface area contributed by atoms with Gasteiger partial charge in [0.1, 0.15) is 5.82 Å². The highest BCUT2D eigenvalue weighted by atomic mass is 35.5. The maximum absolute atomic E-state index is 13.0. The van der Waals surface area contributed by atoms with Crippen molar-refractivity contribution in [1.29, 1.82) is 0 Å². The molecule has 4 rings (SSSR count). The van der Waals surface area contributed by atoms with Gasteiger partial charge in [0.2, 0.25) is 5.91 Å². The van der Waals surface area contributed by atoms with E-state index in [-0.39, 0.29) is 22.8 Å². The summed E-state index contributed by atoms with van der Waals surface area (Å²) in [5.41, 5.74) is -0.244. The van der Waals surface area contributed by atoms with Crippen LogP contribution in [0.3, 0.4) is 0 Å². The van der Waals surface area contributed by atoms with E-state index >= 15 is 0 Å². The van der Waals surface area contributed by atoms with Crippen LogP contribution in [0.1, 0.15) is 28.8 Å². The summed E-state index contributed by atoms with van der Waals surface area (Å²) in [5, 5.41) is -0.0474. The molecule has 6 nitrogen and oxygen atoms in total. The molecule has 0 bridgehead atoms. The molecule has 3 heterocycles. The topological polar surface area (TPSA) is 56.8 Å². The molecule has 2 aromatic rings. The summed E-state index contributed by atoms with van der Waals surface area (Å²) < 4.78 is 38.5. The molecular weight excluding hydrogens is 457 g/mol. The van der Waals surface area contributed by atoms with E-state index < -0.39 is 11.7 Å². The van der Waals surface area contributed by atoms with Crippen LogP contribution in [-0.4, -0.2) is 65.9 Å². The Balaban J connectivity index is 1.29. The van der Waals surface area contributed by atoms with Crippen LogP contribution >= 0.6 is 11.6 Å². The molecule has 2 aliphatic rings. The summed E-state index contributed by atoms with van der Waals surface area (Å²) in [5.74, 6) is 0.180. The van der Waals surface area contributed by atoms with E-state index in [0.29, 0.717) is 63.5 Å². The Kier molecular flexibility index (Phi) is 6.78. The van der Waals surface area contributed by atoms with Crippen LogP contribution in [0.25, 0.3) is 0 Å². The summed E-state index contributed by atoms with van der Waals surface area (Å²) in [6, 6.07) is 9.97. The second-order valence-electron chi connectivity index (χ2n) is 8.27. The lowest BCUT2D eigenvalue weighted by molar-refractivity contribution is -0.138. The lowest BCUT2D eigenvalue weighted by Crippen LogP contribution is -2.53. The highest BCUT2D eigenvalue weighted by Crippen LogP contribution is 2.34. The Hall–Kier alpha value is -2.81. The number of piperazine rings is 1. The number of carbonyl (C=O) groups is 2. The predicted octanol–water partition coefficient (Wildman–Crippen LogP) is 3.95. The van der Waals surface area contributed by atoms with Gasteiger partial charge in [-0.3, -0.25) is 9.59 Å². The van der Waals surface area contributed by atoms with Crippen LogP contribution in [0.2, 0.25) is 5.02 Å². The van der Waals surface area contributed by atoms with Crippen LogP contribution in [-0.2, 0) is 11.0 Å². The molecular formula is C23H24ClF3N4O2. The number of nitrogens with zero attached hydrogens (tertiary/aromatic N) is 4. The Bertz CT molecular complexity index is 1000. The number of aromatic nitrogens is 1. The number of amides is 2. The van der Waals surface area contributed by atoms with E-state index in [4.69, 9.17) is 11.6 Å². The molecule has 2 saturated heterocycles. The van der Waals surface area contributed by atoms with Crippen molar-refractivity contribution in [3.8, 4) is 0 Å². The Morgan fingerprint density at radius 2 is 1.55 bits per heavy atom. The van der Waals surface area contributed by atoms with Gasteiger partial charge in [-0.1, -0.05) is 29.8 Å². The smallest absolute Gasteiger partial charge is 0.355 e. The van der Waals surface area contributed by atoms with Crippen molar-refractivity contribution in [1.82, 2.24) is 14.8 Å². The second-order valence-corrected chi connectivity index (χ2v) is 8.68. The Morgan fingerprint density at radius 3 is 2.12 bits per heavy atom. The van der Waals surface area contributed by atoms with Crippen molar-refractivity contribution in [2.75, 3.05) is 44.2 Å². The van der Waals surface area contributed by atoms with Gasteiger partial charge in [0, 0.05) is 56.9 Å². The van der Waals surface area contributed by atoms with Crippen molar-refractivity contribution < 1.29 is 22.8 Å². The normalized spacial score (nSPS) is 17.9. The monoisotopic (exact) mass is 480 g/mol. The summed E-state index contributed by atoms with van der Waals surface area (Å²) in [6.45, 7) is 2.93. The first kappa shape index (κ1) is 23.4. The number of pyridine rings is 1. The van der Waals surface area contributed by atoms with Crippen LogP contribution in [0, 0.1) is 5.92 Å². The molecule has 1 aromatic carbocycles. The first-order chi connectivity index (χ1) is 15.7. The van der Waals surface area contributed by atoms with Gasteiger partial charge in [-0.15, -0.1) is 0 Å². The maximum Gasteiger partial charge on any atom is 0.417 e. The van der Waals surface area contributed by atoms with Crippen molar-refractivity contribution in [2.24, 2.45) is 5.92 Å². The van der Waals surface area contributed by atoms with Gasteiger partial charge in [-0.05, 0) is 31.0 Å². The zero-order valence-electron chi connectivity index (χ0n) is 17.9. The van der Waals surface area contributed by atoms with Crippen molar-refractivity contribution >= 4 is 29.2 Å². The molecule has 2 amide bonds. The molecule has 0 aliphatic carbocycles. The molecule has 1 aromatic heterocycles. The summed E-state index contributed by atoms with van der Waals surface area (Å²) in [4.78, 5) is 34.9. The summed E-state index contributed by atoms with van der Waals surface area (Å²) in [7, 11) is 0. The number of alkyl halides is 3. The second kappa shape index (κ2) is 9.59. The number of hydrogen-bond donors (Lipinski definition) is 0. The first-order valence-electron chi connectivity index (χ1n) is 10.8. The van der Waals surface area contributed by atoms with Gasteiger partial charge in [0.05, 0.1) is 10.6 Å². The van der Waals surface area contributed by atoms with Crippen LogP contribution in [0.15, 0.2) is 42.6 Å². The SMILES string of the molecule is O=C(c1ccccc1)N1CCN(C(=O)C2CCN(c3ncc(C(F)(F)F)cc3Cl)CC2)CC1. The van der Waals surface area contributed by atoms with E-state index in [1.807, 2.05) is 23.1 Å². The molecule has 2 aliphatic heterocycles. The standard InChI is InChI=1S/C23H24ClF3N4O2/c24-19-14-18(23(25,26)27)15-28-20(19)29-8-6-17(7-9-29)22(33)31-12-10-30(11-13-31)21(32)16-4-2-1-3-5-16/h1-5,14-15,17H,6-13H2. The molecule has 0 saturated carbocycles. The van der Waals surface area contributed by atoms with Gasteiger partial charge in [-0.2, -0.15) is 13.2 Å². The van der Waals surface area contributed by atoms with Gasteiger partial charge < -0.3 is 14.7 Å². The summed E-state index contributed by atoms with van der Waals surface area (Å²) in [6.07, 6.45) is -2.57. The molecule has 0 atom stereocenters. The number of hydrogen-bond acceptors (Lipinski definition) is 4. The van der Waals surface area contributed by atoms with E-state index in [1.165, 1.54) is 0 Å². The minimum absolute atomic E-state index is 0.0306. The first-order valence-corrected chi connectivity index (χ1v) is 11.2. The largest absolute Gasteiger partial charge is 0.417 e. The fraction of sp³-hybridized carbons (Fsp3) is 0.435. The molecule has 33 heavy (non-hydrogen) atoms. The van der Waals surface area contributed by atoms with Crippen molar-refractivity contribution in [3.05, 3.63) is 58.7 Å². The van der Waals surface area contributed by atoms with E-state index in [0.717, 1.165) is 12.3 Å². The van der Waals surface area contributed by atoms with E-state index in [1.54, 1.807) is 21.9 Å². The molecule has 0 spiro atoms. The molecule has 0 unspecified atom stereocenters. The van der Waals surface area contributed by atoms with Crippen LogP contribution < -0.4 is 4.90 Å². The lowest BCUT2D eigenvalue weighted by Gasteiger charge is -2.39. The van der Waals surface area contributed by atoms with Crippen LogP contribution in [0.5, 0.6) is 0 Å².